The van der Waals surface area contributed by atoms with Gasteiger partial charge < -0.3 is 9.64 Å². The Bertz CT molecular complexity index is 277. The summed E-state index contributed by atoms with van der Waals surface area (Å²) in [6.45, 7) is 0.610. The molecule has 0 N–H and O–H groups in total. The number of amides is 1. The van der Waals surface area contributed by atoms with Crippen molar-refractivity contribution in [1.82, 2.24) is 4.90 Å². The van der Waals surface area contributed by atoms with Gasteiger partial charge in [-0.05, 0) is 19.3 Å². The predicted molar refractivity (Wildman–Crippen MR) is 54.4 cm³/mol. The maximum atomic E-state index is 11.7. The zero-order chi connectivity index (χ0) is 10.8. The van der Waals surface area contributed by atoms with Crippen LogP contribution < -0.4 is 0 Å². The van der Waals surface area contributed by atoms with Crippen molar-refractivity contribution in [2.75, 3.05) is 13.7 Å². The number of ketones is 1. The van der Waals surface area contributed by atoms with Crippen molar-refractivity contribution in [3.05, 3.63) is 0 Å². The zero-order valence-electron chi connectivity index (χ0n) is 9.07. The molecule has 2 rings (SSSR count). The number of piperidine rings is 1. The fraction of sp³-hybridized carbons (Fsp3) is 0.818. The van der Waals surface area contributed by atoms with Crippen molar-refractivity contribution < 1.29 is 14.3 Å². The smallest absolute Gasteiger partial charge is 0.230 e. The molecule has 84 valence electrons. The quantitative estimate of drug-likeness (QED) is 0.633. The van der Waals surface area contributed by atoms with Crippen molar-refractivity contribution in [3.8, 4) is 0 Å². The lowest BCUT2D eigenvalue weighted by atomic mass is 10.1. The van der Waals surface area contributed by atoms with Gasteiger partial charge in [0.15, 0.2) is 0 Å². The Labute approximate surface area is 89.6 Å². The highest BCUT2D eigenvalue weighted by Gasteiger charge is 2.34. The molecular weight excluding hydrogens is 194 g/mol. The number of carbonyl (C=O) groups excluding carboxylic acids is 2. The van der Waals surface area contributed by atoms with Gasteiger partial charge in [0.25, 0.3) is 0 Å². The zero-order valence-corrected chi connectivity index (χ0v) is 9.07. The second kappa shape index (κ2) is 4.31. The molecular formula is C11H17NO3. The van der Waals surface area contributed by atoms with Crippen LogP contribution in [0.3, 0.4) is 0 Å². The second-order valence-corrected chi connectivity index (χ2v) is 4.38. The average molecular weight is 211 g/mol. The van der Waals surface area contributed by atoms with Crippen molar-refractivity contribution in [2.24, 2.45) is 0 Å². The monoisotopic (exact) mass is 211 g/mol. The molecule has 2 fully saturated rings. The molecule has 4 nitrogen and oxygen atoms in total. The number of methoxy groups -OCH3 is 1. The number of ether oxygens (including phenoxy) is 1. The SMILES string of the molecule is COC1CCC(N2CCC(=O)CC2=O)C1. The number of nitrogens with zero attached hydrogens (tertiary/aromatic N) is 1. The van der Waals surface area contributed by atoms with Gasteiger partial charge in [-0.2, -0.15) is 0 Å². The van der Waals surface area contributed by atoms with Crippen molar-refractivity contribution in [1.29, 1.82) is 0 Å². The van der Waals surface area contributed by atoms with E-state index in [0.29, 0.717) is 25.1 Å². The molecule has 1 saturated carbocycles. The van der Waals surface area contributed by atoms with Crippen molar-refractivity contribution in [2.45, 2.75) is 44.2 Å². The van der Waals surface area contributed by atoms with Crippen LogP contribution in [0.25, 0.3) is 0 Å². The third kappa shape index (κ3) is 2.20. The third-order valence-corrected chi connectivity index (χ3v) is 3.43. The molecule has 2 aliphatic rings. The van der Waals surface area contributed by atoms with Crippen LogP contribution in [-0.2, 0) is 14.3 Å². The van der Waals surface area contributed by atoms with E-state index in [1.54, 1.807) is 7.11 Å². The average Bonchev–Trinajstić information content (AvgIpc) is 2.66. The number of Topliss-reactive ketones (excluding diaryl/α,β-unsaturated/α-hetero) is 1. The van der Waals surface area contributed by atoms with Crippen LogP contribution >= 0.6 is 0 Å². The second-order valence-electron chi connectivity index (χ2n) is 4.38. The minimum Gasteiger partial charge on any atom is -0.381 e. The predicted octanol–water partition coefficient (Wildman–Crippen LogP) is 0.745. The van der Waals surface area contributed by atoms with Crippen LogP contribution in [-0.4, -0.2) is 42.4 Å². The lowest BCUT2D eigenvalue weighted by Gasteiger charge is -2.31. The van der Waals surface area contributed by atoms with E-state index < -0.39 is 0 Å². The molecule has 2 unspecified atom stereocenters. The van der Waals surface area contributed by atoms with Gasteiger partial charge in [-0.15, -0.1) is 0 Å². The fourth-order valence-electron chi connectivity index (χ4n) is 2.53. The van der Waals surface area contributed by atoms with Gasteiger partial charge in [0.1, 0.15) is 5.78 Å². The number of likely N-dealkylation sites (tertiary alicyclic amines) is 1. The number of hydrogen-bond donors (Lipinski definition) is 0. The highest BCUT2D eigenvalue weighted by Crippen LogP contribution is 2.28. The minimum atomic E-state index is 0.00741. The summed E-state index contributed by atoms with van der Waals surface area (Å²) in [7, 11) is 1.72. The summed E-state index contributed by atoms with van der Waals surface area (Å²) in [5.74, 6) is 0.0885. The Morgan fingerprint density at radius 1 is 1.33 bits per heavy atom. The van der Waals surface area contributed by atoms with Gasteiger partial charge >= 0.3 is 0 Å². The van der Waals surface area contributed by atoms with Gasteiger partial charge in [-0.3, -0.25) is 9.59 Å². The Balaban J connectivity index is 1.94. The maximum absolute atomic E-state index is 11.7. The Hall–Kier alpha value is -0.900. The molecule has 2 atom stereocenters. The van der Waals surface area contributed by atoms with E-state index in [2.05, 4.69) is 0 Å². The molecule has 0 aromatic carbocycles. The highest BCUT2D eigenvalue weighted by molar-refractivity contribution is 6.00. The van der Waals surface area contributed by atoms with Crippen LogP contribution in [0, 0.1) is 0 Å². The largest absolute Gasteiger partial charge is 0.381 e. The molecule has 4 heteroatoms. The lowest BCUT2D eigenvalue weighted by molar-refractivity contribution is -0.141. The Morgan fingerprint density at radius 3 is 2.73 bits per heavy atom. The normalized spacial score (nSPS) is 32.5. The van der Waals surface area contributed by atoms with E-state index in [4.69, 9.17) is 4.74 Å². The van der Waals surface area contributed by atoms with Gasteiger partial charge in [0.05, 0.1) is 12.5 Å². The lowest BCUT2D eigenvalue weighted by Crippen LogP contribution is -2.44. The molecule has 1 saturated heterocycles. The summed E-state index contributed by atoms with van der Waals surface area (Å²) in [6, 6.07) is 0.301. The van der Waals surface area contributed by atoms with Crippen LogP contribution in [0.5, 0.6) is 0 Å². The van der Waals surface area contributed by atoms with E-state index in [1.165, 1.54) is 0 Å². The molecule has 1 heterocycles. The van der Waals surface area contributed by atoms with Crippen molar-refractivity contribution in [3.63, 3.8) is 0 Å². The van der Waals surface area contributed by atoms with Crippen molar-refractivity contribution >= 4 is 11.7 Å². The van der Waals surface area contributed by atoms with Crippen LogP contribution in [0.15, 0.2) is 0 Å². The number of carbonyl (C=O) groups is 2. The van der Waals surface area contributed by atoms with Crippen LogP contribution in [0.1, 0.15) is 32.1 Å². The van der Waals surface area contributed by atoms with Gasteiger partial charge in [0, 0.05) is 26.1 Å². The van der Waals surface area contributed by atoms with E-state index >= 15 is 0 Å². The van der Waals surface area contributed by atoms with E-state index in [9.17, 15) is 9.59 Å². The molecule has 0 aromatic rings. The summed E-state index contributed by atoms with van der Waals surface area (Å²) in [5, 5.41) is 0. The van der Waals surface area contributed by atoms with E-state index in [0.717, 1.165) is 19.3 Å². The topological polar surface area (TPSA) is 46.6 Å². The fourth-order valence-corrected chi connectivity index (χ4v) is 2.53. The number of hydrogen-bond acceptors (Lipinski definition) is 3. The van der Waals surface area contributed by atoms with E-state index in [1.807, 2.05) is 4.90 Å². The molecule has 1 aliphatic carbocycles. The molecule has 1 amide bonds. The standard InChI is InChI=1S/C11H17NO3/c1-15-10-3-2-8(6-10)12-5-4-9(13)7-11(12)14/h8,10H,2-7H2,1H3. The van der Waals surface area contributed by atoms with Gasteiger partial charge in [-0.1, -0.05) is 0 Å². The summed E-state index contributed by atoms with van der Waals surface area (Å²) >= 11 is 0. The first-order valence-corrected chi connectivity index (χ1v) is 5.54. The highest BCUT2D eigenvalue weighted by atomic mass is 16.5. The van der Waals surface area contributed by atoms with Crippen LogP contribution in [0.4, 0.5) is 0 Å². The molecule has 0 bridgehead atoms. The summed E-state index contributed by atoms with van der Waals surface area (Å²) < 4.78 is 5.28. The number of rotatable bonds is 2. The summed E-state index contributed by atoms with van der Waals surface area (Å²) in [5.41, 5.74) is 0. The minimum absolute atomic E-state index is 0.00741. The van der Waals surface area contributed by atoms with Gasteiger partial charge in [0.2, 0.25) is 5.91 Å². The maximum Gasteiger partial charge on any atom is 0.230 e. The molecule has 1 aliphatic heterocycles. The summed E-state index contributed by atoms with van der Waals surface area (Å²) in [6.07, 6.45) is 3.89. The molecule has 15 heavy (non-hydrogen) atoms. The Kier molecular flexibility index (Phi) is 3.05. The molecule has 0 radical (unpaired) electrons. The first-order chi connectivity index (χ1) is 7.20. The third-order valence-electron chi connectivity index (χ3n) is 3.43. The van der Waals surface area contributed by atoms with Crippen LogP contribution in [0.2, 0.25) is 0 Å². The van der Waals surface area contributed by atoms with E-state index in [-0.39, 0.29) is 18.1 Å². The first-order valence-electron chi connectivity index (χ1n) is 5.54. The van der Waals surface area contributed by atoms with Gasteiger partial charge in [-0.25, -0.2) is 0 Å². The molecule has 0 aromatic heterocycles. The first kappa shape index (κ1) is 10.6. The Morgan fingerprint density at radius 2 is 2.13 bits per heavy atom. The molecule has 0 spiro atoms. The summed E-state index contributed by atoms with van der Waals surface area (Å²) in [4.78, 5) is 24.6.